The van der Waals surface area contributed by atoms with E-state index >= 15 is 0 Å². The number of hydrogen-bond acceptors (Lipinski definition) is 3. The molecule has 0 amide bonds. The lowest BCUT2D eigenvalue weighted by molar-refractivity contribution is -0.137. The highest BCUT2D eigenvalue weighted by Crippen LogP contribution is 2.32. The molecular weight excluding hydrogens is 279 g/mol. The van der Waals surface area contributed by atoms with Gasteiger partial charge in [0.2, 0.25) is 0 Å². The van der Waals surface area contributed by atoms with Gasteiger partial charge in [0.05, 0.1) is 5.56 Å². The van der Waals surface area contributed by atoms with Crippen molar-refractivity contribution in [3.05, 3.63) is 29.8 Å². The van der Waals surface area contributed by atoms with Gasteiger partial charge < -0.3 is 15.1 Å². The van der Waals surface area contributed by atoms with Crippen LogP contribution in [0.25, 0.3) is 0 Å². The molecule has 0 aliphatic carbocycles. The van der Waals surface area contributed by atoms with E-state index in [1.54, 1.807) is 6.07 Å². The second kappa shape index (κ2) is 6.23. The van der Waals surface area contributed by atoms with Crippen molar-refractivity contribution in [3.63, 3.8) is 0 Å². The van der Waals surface area contributed by atoms with Crippen molar-refractivity contribution in [2.45, 2.75) is 24.7 Å². The van der Waals surface area contributed by atoms with Crippen LogP contribution in [0.5, 0.6) is 0 Å². The highest BCUT2D eigenvalue weighted by atomic mass is 19.4. The molecule has 0 spiro atoms. The van der Waals surface area contributed by atoms with Crippen molar-refractivity contribution < 1.29 is 13.2 Å². The zero-order chi connectivity index (χ0) is 15.6. The van der Waals surface area contributed by atoms with E-state index in [1.807, 2.05) is 26.0 Å². The van der Waals surface area contributed by atoms with Gasteiger partial charge in [-0.25, -0.2) is 0 Å². The molecule has 1 heterocycles. The van der Waals surface area contributed by atoms with Crippen LogP contribution in [-0.4, -0.2) is 51.2 Å². The molecule has 1 aliphatic heterocycles. The smallest absolute Gasteiger partial charge is 0.370 e. The number of anilines is 1. The predicted molar refractivity (Wildman–Crippen MR) is 78.6 cm³/mol. The molecule has 2 atom stereocenters. The van der Waals surface area contributed by atoms with Gasteiger partial charge in [-0.1, -0.05) is 6.07 Å². The molecule has 1 aliphatic rings. The van der Waals surface area contributed by atoms with Gasteiger partial charge in [0, 0.05) is 30.9 Å². The van der Waals surface area contributed by atoms with Crippen LogP contribution in [-0.2, 0) is 6.18 Å². The Morgan fingerprint density at radius 2 is 2.00 bits per heavy atom. The summed E-state index contributed by atoms with van der Waals surface area (Å²) in [6.07, 6.45) is -3.38. The third-order valence-corrected chi connectivity index (χ3v) is 4.15. The van der Waals surface area contributed by atoms with Gasteiger partial charge in [0.25, 0.3) is 0 Å². The fourth-order valence-electron chi connectivity index (χ4n) is 2.90. The molecule has 1 aromatic rings. The summed E-state index contributed by atoms with van der Waals surface area (Å²) in [6, 6.07) is 6.23. The number of rotatable bonds is 3. The molecule has 1 N–H and O–H groups in total. The molecule has 1 fully saturated rings. The van der Waals surface area contributed by atoms with E-state index in [-0.39, 0.29) is 6.04 Å². The Hall–Kier alpha value is -1.27. The maximum Gasteiger partial charge on any atom is 0.416 e. The molecule has 0 bridgehead atoms. The molecule has 2 rings (SSSR count). The topological polar surface area (TPSA) is 18.5 Å². The minimum absolute atomic E-state index is 0.276. The minimum atomic E-state index is -4.29. The Kier molecular flexibility index (Phi) is 4.78. The summed E-state index contributed by atoms with van der Waals surface area (Å²) in [5, 5.41) is 3.29. The van der Waals surface area contributed by atoms with Gasteiger partial charge in [0.1, 0.15) is 0 Å². The quantitative estimate of drug-likeness (QED) is 0.925. The van der Waals surface area contributed by atoms with Gasteiger partial charge in [0.15, 0.2) is 0 Å². The minimum Gasteiger partial charge on any atom is -0.370 e. The van der Waals surface area contributed by atoms with Crippen molar-refractivity contribution in [2.24, 2.45) is 0 Å². The van der Waals surface area contributed by atoms with Crippen LogP contribution in [0.1, 0.15) is 12.0 Å². The van der Waals surface area contributed by atoms with E-state index in [2.05, 4.69) is 10.2 Å². The Bertz CT molecular complexity index is 473. The first-order valence-electron chi connectivity index (χ1n) is 7.09. The second-order valence-electron chi connectivity index (χ2n) is 5.71. The average molecular weight is 301 g/mol. The molecule has 21 heavy (non-hydrogen) atoms. The SMILES string of the molecule is CN[C@@H]1CCN(c2cccc(C(F)(F)F)c2)C[C@H]1N(C)C. The number of nitrogens with zero attached hydrogens (tertiary/aromatic N) is 2. The summed E-state index contributed by atoms with van der Waals surface area (Å²) < 4.78 is 38.5. The van der Waals surface area contributed by atoms with E-state index in [9.17, 15) is 13.2 Å². The molecule has 0 unspecified atom stereocenters. The van der Waals surface area contributed by atoms with Crippen LogP contribution in [0.2, 0.25) is 0 Å². The summed E-state index contributed by atoms with van der Waals surface area (Å²) in [5.74, 6) is 0. The maximum absolute atomic E-state index is 12.8. The van der Waals surface area contributed by atoms with Gasteiger partial charge in [-0.15, -0.1) is 0 Å². The third-order valence-electron chi connectivity index (χ3n) is 4.15. The van der Waals surface area contributed by atoms with Crippen molar-refractivity contribution in [1.29, 1.82) is 0 Å². The average Bonchev–Trinajstić information content (AvgIpc) is 2.45. The summed E-state index contributed by atoms with van der Waals surface area (Å²) in [6.45, 7) is 1.48. The lowest BCUT2D eigenvalue weighted by Gasteiger charge is -2.42. The molecule has 0 radical (unpaired) electrons. The first-order valence-corrected chi connectivity index (χ1v) is 7.09. The van der Waals surface area contributed by atoms with Crippen LogP contribution >= 0.6 is 0 Å². The summed E-state index contributed by atoms with van der Waals surface area (Å²) >= 11 is 0. The number of benzene rings is 1. The molecule has 1 aromatic carbocycles. The maximum atomic E-state index is 12.8. The first-order chi connectivity index (χ1) is 9.82. The van der Waals surface area contributed by atoms with E-state index in [1.165, 1.54) is 12.1 Å². The number of likely N-dealkylation sites (N-methyl/N-ethyl adjacent to an activating group) is 2. The standard InChI is InChI=1S/C15H22F3N3/c1-19-13-7-8-21(10-14(13)20(2)3)12-6-4-5-11(9-12)15(16,17)18/h4-6,9,13-14,19H,7-8,10H2,1-3H3/t13-,14-/m1/s1. The normalized spacial score (nSPS) is 23.7. The van der Waals surface area contributed by atoms with Gasteiger partial charge in [-0.05, 0) is 45.8 Å². The Balaban J connectivity index is 2.19. The van der Waals surface area contributed by atoms with Crippen LogP contribution in [0.15, 0.2) is 24.3 Å². The number of halogens is 3. The zero-order valence-corrected chi connectivity index (χ0v) is 12.6. The highest BCUT2D eigenvalue weighted by Gasteiger charge is 2.33. The van der Waals surface area contributed by atoms with Crippen LogP contribution in [0.4, 0.5) is 18.9 Å². The molecule has 0 saturated carbocycles. The van der Waals surface area contributed by atoms with Crippen molar-refractivity contribution in [1.82, 2.24) is 10.2 Å². The number of nitrogens with one attached hydrogen (secondary N) is 1. The number of piperidine rings is 1. The molecule has 118 valence electrons. The number of alkyl halides is 3. The predicted octanol–water partition coefficient (Wildman–Crippen LogP) is 2.43. The van der Waals surface area contributed by atoms with E-state index in [0.717, 1.165) is 25.6 Å². The van der Waals surface area contributed by atoms with Crippen LogP contribution < -0.4 is 10.2 Å². The van der Waals surface area contributed by atoms with E-state index in [0.29, 0.717) is 11.7 Å². The summed E-state index contributed by atoms with van der Waals surface area (Å²) in [4.78, 5) is 4.16. The second-order valence-corrected chi connectivity index (χ2v) is 5.71. The van der Waals surface area contributed by atoms with E-state index in [4.69, 9.17) is 0 Å². The molecular formula is C15H22F3N3. The summed E-state index contributed by atoms with van der Waals surface area (Å²) in [5.41, 5.74) is 0.0587. The third kappa shape index (κ3) is 3.68. The van der Waals surface area contributed by atoms with Crippen LogP contribution in [0.3, 0.4) is 0 Å². The van der Waals surface area contributed by atoms with Crippen molar-refractivity contribution in [3.8, 4) is 0 Å². The van der Waals surface area contributed by atoms with E-state index < -0.39 is 11.7 Å². The van der Waals surface area contributed by atoms with Crippen molar-refractivity contribution >= 4 is 5.69 Å². The molecule has 0 aromatic heterocycles. The summed E-state index contributed by atoms with van der Waals surface area (Å²) in [7, 11) is 5.94. The highest BCUT2D eigenvalue weighted by molar-refractivity contribution is 5.50. The van der Waals surface area contributed by atoms with Gasteiger partial charge in [-0.3, -0.25) is 0 Å². The van der Waals surface area contributed by atoms with Crippen LogP contribution in [0, 0.1) is 0 Å². The monoisotopic (exact) mass is 301 g/mol. The fraction of sp³-hybridized carbons (Fsp3) is 0.600. The first kappa shape index (κ1) is 16.1. The lowest BCUT2D eigenvalue weighted by atomic mass is 9.97. The molecule has 1 saturated heterocycles. The lowest BCUT2D eigenvalue weighted by Crippen LogP contribution is -2.57. The Labute approximate surface area is 123 Å². The van der Waals surface area contributed by atoms with Gasteiger partial charge >= 0.3 is 6.18 Å². The fourth-order valence-corrected chi connectivity index (χ4v) is 2.90. The molecule has 6 heteroatoms. The Morgan fingerprint density at radius 1 is 1.29 bits per heavy atom. The molecule has 3 nitrogen and oxygen atoms in total. The van der Waals surface area contributed by atoms with Crippen molar-refractivity contribution in [2.75, 3.05) is 39.1 Å². The zero-order valence-electron chi connectivity index (χ0n) is 12.6. The Morgan fingerprint density at radius 3 is 2.57 bits per heavy atom. The number of hydrogen-bond donors (Lipinski definition) is 1. The largest absolute Gasteiger partial charge is 0.416 e. The van der Waals surface area contributed by atoms with Gasteiger partial charge in [-0.2, -0.15) is 13.2 Å².